The largest absolute Gasteiger partial charge is 0.478 e. The highest BCUT2D eigenvalue weighted by Gasteiger charge is 2.51. The molecule has 3 rings (SSSR count). The molecule has 5 heteroatoms. The smallest absolute Gasteiger partial charge is 0.328 e. The van der Waals surface area contributed by atoms with Gasteiger partial charge in [-0.15, -0.1) is 0 Å². The molecule has 0 aromatic carbocycles. The number of carboxylic acid groups (broad SMARTS) is 1. The molecule has 0 unspecified atom stereocenters. The van der Waals surface area contributed by atoms with Crippen LogP contribution in [0.5, 0.6) is 0 Å². The van der Waals surface area contributed by atoms with Crippen LogP contribution in [-0.4, -0.2) is 22.0 Å². The molecule has 5 nitrogen and oxygen atoms in total. The van der Waals surface area contributed by atoms with Crippen molar-refractivity contribution in [1.29, 1.82) is 0 Å². The number of carboxylic acids is 1. The Kier molecular flexibility index (Phi) is 2.23. The standard InChI is InChI=1S/C13H12N2O3/c16-10(17)3-2-8-6-9-11(14-7-8)15-12(18)13(9)4-1-5-13/h2-3,6-7H,1,4-5H2,(H,16,17)(H,14,15,18). The zero-order chi connectivity index (χ0) is 12.8. The van der Waals surface area contributed by atoms with Gasteiger partial charge in [-0.2, -0.15) is 0 Å². The van der Waals surface area contributed by atoms with Crippen molar-refractivity contribution in [2.24, 2.45) is 0 Å². The fraction of sp³-hybridized carbons (Fsp3) is 0.308. The van der Waals surface area contributed by atoms with Gasteiger partial charge in [-0.05, 0) is 30.5 Å². The fourth-order valence-corrected chi connectivity index (χ4v) is 2.58. The maximum Gasteiger partial charge on any atom is 0.328 e. The van der Waals surface area contributed by atoms with Crippen LogP contribution in [-0.2, 0) is 15.0 Å². The maximum atomic E-state index is 11.9. The molecule has 2 heterocycles. The van der Waals surface area contributed by atoms with Crippen molar-refractivity contribution in [3.63, 3.8) is 0 Å². The number of nitrogens with zero attached hydrogens (tertiary/aromatic N) is 1. The minimum Gasteiger partial charge on any atom is -0.478 e. The van der Waals surface area contributed by atoms with Gasteiger partial charge in [0.1, 0.15) is 5.82 Å². The third-order valence-corrected chi connectivity index (χ3v) is 3.72. The van der Waals surface area contributed by atoms with E-state index in [0.29, 0.717) is 11.4 Å². The highest BCUT2D eigenvalue weighted by Crippen LogP contribution is 2.50. The highest BCUT2D eigenvalue weighted by atomic mass is 16.4. The summed E-state index contributed by atoms with van der Waals surface area (Å²) in [5.41, 5.74) is 1.21. The number of amides is 1. The number of rotatable bonds is 2. The molecular weight excluding hydrogens is 232 g/mol. The number of hydrogen-bond acceptors (Lipinski definition) is 3. The van der Waals surface area contributed by atoms with E-state index in [1.165, 1.54) is 6.08 Å². The van der Waals surface area contributed by atoms with Gasteiger partial charge in [-0.1, -0.05) is 6.42 Å². The molecule has 2 aliphatic rings. The van der Waals surface area contributed by atoms with Gasteiger partial charge in [0.05, 0.1) is 5.41 Å². The fourth-order valence-electron chi connectivity index (χ4n) is 2.58. The molecule has 1 aliphatic heterocycles. The van der Waals surface area contributed by atoms with Gasteiger partial charge >= 0.3 is 5.97 Å². The molecule has 1 aromatic rings. The van der Waals surface area contributed by atoms with Crippen LogP contribution in [0.3, 0.4) is 0 Å². The monoisotopic (exact) mass is 244 g/mol. The Bertz CT molecular complexity index is 574. The van der Waals surface area contributed by atoms with Gasteiger partial charge in [-0.25, -0.2) is 9.78 Å². The van der Waals surface area contributed by atoms with Crippen molar-refractivity contribution in [2.45, 2.75) is 24.7 Å². The molecule has 1 aliphatic carbocycles. The molecule has 0 saturated heterocycles. The summed E-state index contributed by atoms with van der Waals surface area (Å²) in [6, 6.07) is 1.86. The zero-order valence-corrected chi connectivity index (χ0v) is 9.64. The van der Waals surface area contributed by atoms with Gasteiger partial charge in [0, 0.05) is 17.8 Å². The lowest BCUT2D eigenvalue weighted by atomic mass is 9.65. The van der Waals surface area contributed by atoms with Crippen molar-refractivity contribution in [2.75, 3.05) is 5.32 Å². The predicted octanol–water partition coefficient (Wildman–Crippen LogP) is 1.55. The average Bonchev–Trinajstić information content (AvgIpc) is 2.57. The summed E-state index contributed by atoms with van der Waals surface area (Å²) in [5, 5.41) is 11.4. The molecule has 18 heavy (non-hydrogen) atoms. The van der Waals surface area contributed by atoms with E-state index in [1.807, 2.05) is 6.07 Å². The Morgan fingerprint density at radius 2 is 2.28 bits per heavy atom. The van der Waals surface area contributed by atoms with E-state index in [-0.39, 0.29) is 5.91 Å². The van der Waals surface area contributed by atoms with E-state index >= 15 is 0 Å². The number of fused-ring (bicyclic) bond motifs is 2. The summed E-state index contributed by atoms with van der Waals surface area (Å²) in [6.07, 6.45) is 6.86. The van der Waals surface area contributed by atoms with E-state index in [1.54, 1.807) is 6.20 Å². The van der Waals surface area contributed by atoms with Crippen LogP contribution in [0.15, 0.2) is 18.3 Å². The summed E-state index contributed by atoms with van der Waals surface area (Å²) in [4.78, 5) is 26.6. The molecule has 1 aromatic heterocycles. The zero-order valence-electron chi connectivity index (χ0n) is 9.64. The van der Waals surface area contributed by atoms with Crippen LogP contribution < -0.4 is 5.32 Å². The molecule has 1 saturated carbocycles. The summed E-state index contributed by atoms with van der Waals surface area (Å²) in [6.45, 7) is 0. The lowest BCUT2D eigenvalue weighted by Gasteiger charge is -2.35. The SMILES string of the molecule is O=C(O)C=Cc1cnc2c(c1)C1(CCC1)C(=O)N2. The lowest BCUT2D eigenvalue weighted by Crippen LogP contribution is -2.40. The highest BCUT2D eigenvalue weighted by molar-refractivity contribution is 6.06. The summed E-state index contributed by atoms with van der Waals surface area (Å²) < 4.78 is 0. The number of anilines is 1. The van der Waals surface area contributed by atoms with Crippen LogP contribution in [0, 0.1) is 0 Å². The summed E-state index contributed by atoms with van der Waals surface area (Å²) in [5.74, 6) is -0.356. The van der Waals surface area contributed by atoms with Crippen LogP contribution >= 0.6 is 0 Å². The average molecular weight is 244 g/mol. The normalized spacial score (nSPS) is 19.7. The molecular formula is C13H12N2O3. The second-order valence-electron chi connectivity index (χ2n) is 4.73. The lowest BCUT2D eigenvalue weighted by molar-refractivity contribution is -0.131. The van der Waals surface area contributed by atoms with E-state index in [2.05, 4.69) is 10.3 Å². The number of pyridine rings is 1. The molecule has 1 fully saturated rings. The Morgan fingerprint density at radius 1 is 1.50 bits per heavy atom. The third-order valence-electron chi connectivity index (χ3n) is 3.72. The van der Waals surface area contributed by atoms with Gasteiger partial charge < -0.3 is 10.4 Å². The minimum absolute atomic E-state index is 0.0237. The van der Waals surface area contributed by atoms with Crippen LogP contribution in [0.25, 0.3) is 6.08 Å². The van der Waals surface area contributed by atoms with Crippen molar-refractivity contribution >= 4 is 23.8 Å². The van der Waals surface area contributed by atoms with Gasteiger partial charge in [0.2, 0.25) is 5.91 Å². The van der Waals surface area contributed by atoms with Gasteiger partial charge in [-0.3, -0.25) is 4.79 Å². The van der Waals surface area contributed by atoms with E-state index in [0.717, 1.165) is 30.9 Å². The van der Waals surface area contributed by atoms with Crippen LogP contribution in [0.2, 0.25) is 0 Å². The molecule has 92 valence electrons. The topological polar surface area (TPSA) is 79.3 Å². The van der Waals surface area contributed by atoms with Crippen molar-refractivity contribution < 1.29 is 14.7 Å². The summed E-state index contributed by atoms with van der Waals surface area (Å²) >= 11 is 0. The second kappa shape index (κ2) is 3.66. The predicted molar refractivity (Wildman–Crippen MR) is 65.1 cm³/mol. The number of carbonyl (C=O) groups excluding carboxylic acids is 1. The first-order valence-electron chi connectivity index (χ1n) is 5.85. The van der Waals surface area contributed by atoms with Crippen LogP contribution in [0.4, 0.5) is 5.82 Å². The Morgan fingerprint density at radius 3 is 2.89 bits per heavy atom. The molecule has 0 atom stereocenters. The maximum absolute atomic E-state index is 11.9. The Hall–Kier alpha value is -2.17. The van der Waals surface area contributed by atoms with E-state index < -0.39 is 11.4 Å². The number of nitrogens with one attached hydrogen (secondary N) is 1. The number of carbonyl (C=O) groups is 2. The second-order valence-corrected chi connectivity index (χ2v) is 4.73. The molecule has 0 radical (unpaired) electrons. The van der Waals surface area contributed by atoms with E-state index in [9.17, 15) is 9.59 Å². The van der Waals surface area contributed by atoms with Crippen molar-refractivity contribution in [3.05, 3.63) is 29.5 Å². The third kappa shape index (κ3) is 1.44. The van der Waals surface area contributed by atoms with Crippen molar-refractivity contribution in [1.82, 2.24) is 4.98 Å². The molecule has 2 N–H and O–H groups in total. The van der Waals surface area contributed by atoms with Crippen LogP contribution in [0.1, 0.15) is 30.4 Å². The number of aliphatic carboxylic acids is 1. The quantitative estimate of drug-likeness (QED) is 0.773. The Labute approximate surface area is 104 Å². The van der Waals surface area contributed by atoms with Gasteiger partial charge in [0.15, 0.2) is 0 Å². The van der Waals surface area contributed by atoms with E-state index in [4.69, 9.17) is 5.11 Å². The summed E-state index contributed by atoms with van der Waals surface area (Å²) in [7, 11) is 0. The number of hydrogen-bond donors (Lipinski definition) is 2. The minimum atomic E-state index is -0.997. The van der Waals surface area contributed by atoms with Crippen molar-refractivity contribution in [3.8, 4) is 0 Å². The molecule has 1 spiro atoms. The number of aromatic nitrogens is 1. The Balaban J connectivity index is 2.01. The first-order chi connectivity index (χ1) is 8.62. The first kappa shape index (κ1) is 11.0. The molecule has 0 bridgehead atoms. The first-order valence-corrected chi connectivity index (χ1v) is 5.85. The van der Waals surface area contributed by atoms with Gasteiger partial charge in [0.25, 0.3) is 0 Å². The molecule has 1 amide bonds.